The van der Waals surface area contributed by atoms with E-state index < -0.39 is 0 Å². The molecule has 1 aliphatic heterocycles. The lowest BCUT2D eigenvalue weighted by Gasteiger charge is -2.21. The van der Waals surface area contributed by atoms with Crippen LogP contribution in [0.5, 0.6) is 0 Å². The van der Waals surface area contributed by atoms with Gasteiger partial charge in [0.2, 0.25) is 5.91 Å². The highest BCUT2D eigenvalue weighted by atomic mass is 32.1. The molecule has 1 aliphatic rings. The van der Waals surface area contributed by atoms with Crippen LogP contribution in [0.3, 0.4) is 0 Å². The van der Waals surface area contributed by atoms with Crippen LogP contribution in [0.4, 0.5) is 0 Å². The van der Waals surface area contributed by atoms with E-state index >= 15 is 0 Å². The van der Waals surface area contributed by atoms with Gasteiger partial charge in [-0.2, -0.15) is 0 Å². The molecule has 1 saturated heterocycles. The minimum absolute atomic E-state index is 0.0222. The van der Waals surface area contributed by atoms with Gasteiger partial charge in [0.25, 0.3) is 0 Å². The van der Waals surface area contributed by atoms with Gasteiger partial charge in [-0.25, -0.2) is 0 Å². The standard InChI is InChI=1S/C15H19NO3S/c17-7-3-1-5-12-9-13(20-11-12)10-16-15(18)14-6-2-4-8-19-14/h9,11,14,17H,2-4,6-8,10H2,(H,16,18). The maximum absolute atomic E-state index is 11.9. The monoisotopic (exact) mass is 293 g/mol. The van der Waals surface area contributed by atoms with E-state index in [1.54, 1.807) is 11.3 Å². The Hall–Kier alpha value is -1.35. The molecule has 4 nitrogen and oxygen atoms in total. The molecule has 2 heterocycles. The van der Waals surface area contributed by atoms with Crippen LogP contribution in [-0.2, 0) is 16.1 Å². The first kappa shape index (κ1) is 15.0. The molecule has 1 fully saturated rings. The van der Waals surface area contributed by atoms with Crippen LogP contribution in [0.25, 0.3) is 0 Å². The van der Waals surface area contributed by atoms with E-state index in [-0.39, 0.29) is 18.6 Å². The maximum atomic E-state index is 11.9. The van der Waals surface area contributed by atoms with E-state index in [1.165, 1.54) is 0 Å². The summed E-state index contributed by atoms with van der Waals surface area (Å²) in [4.78, 5) is 13.0. The topological polar surface area (TPSA) is 58.6 Å². The average molecular weight is 293 g/mol. The molecule has 0 aliphatic carbocycles. The van der Waals surface area contributed by atoms with Crippen LogP contribution >= 0.6 is 11.3 Å². The average Bonchev–Trinajstić information content (AvgIpc) is 2.94. The molecular weight excluding hydrogens is 274 g/mol. The van der Waals surface area contributed by atoms with Crippen LogP contribution in [-0.4, -0.2) is 30.3 Å². The van der Waals surface area contributed by atoms with Gasteiger partial charge < -0.3 is 15.2 Å². The van der Waals surface area contributed by atoms with Crippen molar-refractivity contribution < 1.29 is 14.6 Å². The zero-order valence-corrected chi connectivity index (χ0v) is 12.2. The smallest absolute Gasteiger partial charge is 0.249 e. The Morgan fingerprint density at radius 2 is 2.45 bits per heavy atom. The van der Waals surface area contributed by atoms with E-state index in [9.17, 15) is 4.79 Å². The number of rotatable bonds is 4. The number of hydrogen-bond donors (Lipinski definition) is 2. The van der Waals surface area contributed by atoms with Crippen LogP contribution in [0, 0.1) is 11.8 Å². The summed E-state index contributed by atoms with van der Waals surface area (Å²) < 4.78 is 5.44. The number of amides is 1. The molecule has 5 heteroatoms. The quantitative estimate of drug-likeness (QED) is 0.830. The fourth-order valence-corrected chi connectivity index (χ4v) is 2.75. The number of nitrogens with one attached hydrogen (secondary N) is 1. The van der Waals surface area contributed by atoms with E-state index in [2.05, 4.69) is 17.2 Å². The first-order chi connectivity index (χ1) is 9.79. The lowest BCUT2D eigenvalue weighted by molar-refractivity contribution is -0.135. The second-order valence-electron chi connectivity index (χ2n) is 4.65. The summed E-state index contributed by atoms with van der Waals surface area (Å²) in [6.07, 6.45) is 3.12. The van der Waals surface area contributed by atoms with Crippen molar-refractivity contribution in [3.05, 3.63) is 21.9 Å². The minimum Gasteiger partial charge on any atom is -0.395 e. The largest absolute Gasteiger partial charge is 0.395 e. The lowest BCUT2D eigenvalue weighted by atomic mass is 10.1. The van der Waals surface area contributed by atoms with Gasteiger partial charge in [-0.05, 0) is 25.3 Å². The van der Waals surface area contributed by atoms with Crippen LogP contribution < -0.4 is 5.32 Å². The van der Waals surface area contributed by atoms with Gasteiger partial charge in [0, 0.05) is 28.8 Å². The molecule has 20 heavy (non-hydrogen) atoms. The van der Waals surface area contributed by atoms with E-state index in [0.29, 0.717) is 19.6 Å². The highest BCUT2D eigenvalue weighted by Crippen LogP contribution is 2.15. The van der Waals surface area contributed by atoms with Gasteiger partial charge in [-0.1, -0.05) is 11.8 Å². The third-order valence-corrected chi connectivity index (χ3v) is 3.97. The van der Waals surface area contributed by atoms with Crippen molar-refractivity contribution in [2.75, 3.05) is 13.2 Å². The normalized spacial score (nSPS) is 18.1. The third-order valence-electron chi connectivity index (χ3n) is 3.03. The fourth-order valence-electron chi connectivity index (χ4n) is 1.99. The van der Waals surface area contributed by atoms with Crippen molar-refractivity contribution >= 4 is 17.2 Å². The zero-order valence-electron chi connectivity index (χ0n) is 11.4. The van der Waals surface area contributed by atoms with E-state index in [4.69, 9.17) is 9.84 Å². The Labute approximate surface area is 123 Å². The summed E-state index contributed by atoms with van der Waals surface area (Å²) in [6.45, 7) is 1.29. The summed E-state index contributed by atoms with van der Waals surface area (Å²) in [5, 5.41) is 13.5. The van der Waals surface area contributed by atoms with Gasteiger partial charge in [0.15, 0.2) is 0 Å². The fraction of sp³-hybridized carbons (Fsp3) is 0.533. The zero-order chi connectivity index (χ0) is 14.2. The molecule has 0 saturated carbocycles. The van der Waals surface area contributed by atoms with E-state index in [0.717, 1.165) is 29.7 Å². The molecular formula is C15H19NO3S. The molecule has 1 aromatic heterocycles. The minimum atomic E-state index is -0.285. The molecule has 0 radical (unpaired) electrons. The maximum Gasteiger partial charge on any atom is 0.249 e. The van der Waals surface area contributed by atoms with Crippen LogP contribution in [0.2, 0.25) is 0 Å². The number of hydrogen-bond acceptors (Lipinski definition) is 4. The molecule has 1 unspecified atom stereocenters. The number of carbonyl (C=O) groups is 1. The molecule has 0 aromatic carbocycles. The SMILES string of the molecule is O=C(NCc1cc(C#CCCO)cs1)C1CCCCO1. The number of carbonyl (C=O) groups excluding carboxylic acids is 1. The van der Waals surface area contributed by atoms with Crippen molar-refractivity contribution in [1.82, 2.24) is 5.32 Å². The molecule has 1 atom stereocenters. The molecule has 0 bridgehead atoms. The Kier molecular flexibility index (Phi) is 6.06. The van der Waals surface area contributed by atoms with Gasteiger partial charge in [-0.15, -0.1) is 11.3 Å². The van der Waals surface area contributed by atoms with Gasteiger partial charge in [0.05, 0.1) is 13.2 Å². The van der Waals surface area contributed by atoms with Gasteiger partial charge in [-0.3, -0.25) is 4.79 Å². The van der Waals surface area contributed by atoms with Crippen molar-refractivity contribution in [2.24, 2.45) is 0 Å². The number of thiophene rings is 1. The molecule has 1 amide bonds. The molecule has 1 aromatic rings. The summed E-state index contributed by atoms with van der Waals surface area (Å²) >= 11 is 1.58. The summed E-state index contributed by atoms with van der Waals surface area (Å²) in [5.41, 5.74) is 0.932. The predicted molar refractivity (Wildman–Crippen MR) is 78.3 cm³/mol. The van der Waals surface area contributed by atoms with Gasteiger partial charge in [0.1, 0.15) is 6.10 Å². The molecule has 108 valence electrons. The van der Waals surface area contributed by atoms with Crippen molar-refractivity contribution in [1.29, 1.82) is 0 Å². The second-order valence-corrected chi connectivity index (χ2v) is 5.65. The van der Waals surface area contributed by atoms with Crippen molar-refractivity contribution in [3.8, 4) is 11.8 Å². The van der Waals surface area contributed by atoms with E-state index in [1.807, 2.05) is 11.4 Å². The lowest BCUT2D eigenvalue weighted by Crippen LogP contribution is -2.37. The Bertz CT molecular complexity index is 495. The second kappa shape index (κ2) is 8.05. The first-order valence-corrected chi connectivity index (χ1v) is 7.74. The summed E-state index contributed by atoms with van der Waals surface area (Å²) in [7, 11) is 0. The summed E-state index contributed by atoms with van der Waals surface area (Å²) in [5.74, 6) is 5.84. The third kappa shape index (κ3) is 4.64. The number of aliphatic hydroxyl groups excluding tert-OH is 1. The number of ether oxygens (including phenoxy) is 1. The Morgan fingerprint density at radius 1 is 1.55 bits per heavy atom. The molecule has 2 rings (SSSR count). The van der Waals surface area contributed by atoms with Crippen LogP contribution in [0.15, 0.2) is 11.4 Å². The Morgan fingerprint density at radius 3 is 3.20 bits per heavy atom. The first-order valence-electron chi connectivity index (χ1n) is 6.86. The van der Waals surface area contributed by atoms with Crippen molar-refractivity contribution in [3.63, 3.8) is 0 Å². The summed E-state index contributed by atoms with van der Waals surface area (Å²) in [6, 6.07) is 1.97. The number of aliphatic hydroxyl groups is 1. The Balaban J connectivity index is 1.79. The highest BCUT2D eigenvalue weighted by molar-refractivity contribution is 7.10. The highest BCUT2D eigenvalue weighted by Gasteiger charge is 2.21. The molecule has 0 spiro atoms. The van der Waals surface area contributed by atoms with Gasteiger partial charge >= 0.3 is 0 Å². The van der Waals surface area contributed by atoms with Crippen molar-refractivity contribution in [2.45, 2.75) is 38.3 Å². The molecule has 2 N–H and O–H groups in total. The predicted octanol–water partition coefficient (Wildman–Crippen LogP) is 1.67. The van der Waals surface area contributed by atoms with Crippen LogP contribution in [0.1, 0.15) is 36.1 Å².